The first-order chi connectivity index (χ1) is 6.92. The van der Waals surface area contributed by atoms with Crippen molar-refractivity contribution in [1.29, 1.82) is 0 Å². The maximum atomic E-state index is 11.8. The SMILES string of the molecule is C=C1C2=C(C=CC(C)(C)C=C2)C(=O)N1C. The van der Waals surface area contributed by atoms with Crippen LogP contribution >= 0.6 is 0 Å². The molecule has 0 unspecified atom stereocenters. The lowest BCUT2D eigenvalue weighted by atomic mass is 9.93. The predicted molar refractivity (Wildman–Crippen MR) is 61.0 cm³/mol. The molecule has 2 aliphatic rings. The molecule has 2 rings (SSSR count). The molecule has 1 aliphatic carbocycles. The van der Waals surface area contributed by atoms with Crippen molar-refractivity contribution in [3.63, 3.8) is 0 Å². The van der Waals surface area contributed by atoms with Crippen molar-refractivity contribution < 1.29 is 4.79 Å². The monoisotopic (exact) mass is 201 g/mol. The Hall–Kier alpha value is -1.57. The van der Waals surface area contributed by atoms with Crippen LogP contribution in [-0.4, -0.2) is 17.9 Å². The second-order valence-corrected chi connectivity index (χ2v) is 4.63. The van der Waals surface area contributed by atoms with Crippen LogP contribution in [0, 0.1) is 5.41 Å². The van der Waals surface area contributed by atoms with Gasteiger partial charge in [-0.15, -0.1) is 0 Å². The third-order valence-corrected chi connectivity index (χ3v) is 2.90. The summed E-state index contributed by atoms with van der Waals surface area (Å²) in [5.41, 5.74) is 2.49. The lowest BCUT2D eigenvalue weighted by Gasteiger charge is -2.15. The molecule has 0 fully saturated rings. The van der Waals surface area contributed by atoms with E-state index in [1.54, 1.807) is 11.9 Å². The first-order valence-corrected chi connectivity index (χ1v) is 5.02. The number of hydrogen-bond acceptors (Lipinski definition) is 1. The summed E-state index contributed by atoms with van der Waals surface area (Å²) in [6.07, 6.45) is 8.06. The Morgan fingerprint density at radius 2 is 1.73 bits per heavy atom. The van der Waals surface area contributed by atoms with Crippen molar-refractivity contribution in [2.75, 3.05) is 7.05 Å². The van der Waals surface area contributed by atoms with Crippen molar-refractivity contribution in [2.24, 2.45) is 5.41 Å². The minimum Gasteiger partial charge on any atom is -0.311 e. The Labute approximate surface area is 90.3 Å². The Kier molecular flexibility index (Phi) is 1.97. The third kappa shape index (κ3) is 1.46. The maximum absolute atomic E-state index is 11.8. The van der Waals surface area contributed by atoms with Gasteiger partial charge in [0.15, 0.2) is 0 Å². The molecule has 15 heavy (non-hydrogen) atoms. The van der Waals surface area contributed by atoms with Gasteiger partial charge in [-0.05, 0) is 0 Å². The standard InChI is InChI=1S/C13H15NO/c1-9-10-5-7-13(2,3)8-6-11(10)12(15)14(9)4/h5-8H,1H2,2-4H3. The van der Waals surface area contributed by atoms with Crippen LogP contribution in [0.5, 0.6) is 0 Å². The van der Waals surface area contributed by atoms with E-state index in [-0.39, 0.29) is 11.3 Å². The molecule has 0 spiro atoms. The largest absolute Gasteiger partial charge is 0.311 e. The van der Waals surface area contributed by atoms with Gasteiger partial charge in [0.25, 0.3) is 5.91 Å². The summed E-state index contributed by atoms with van der Waals surface area (Å²) in [5, 5.41) is 0. The van der Waals surface area contributed by atoms with Crippen molar-refractivity contribution in [2.45, 2.75) is 13.8 Å². The first kappa shape index (κ1) is 9.97. The van der Waals surface area contributed by atoms with Gasteiger partial charge in [0, 0.05) is 29.3 Å². The maximum Gasteiger partial charge on any atom is 0.258 e. The highest BCUT2D eigenvalue weighted by Crippen LogP contribution is 2.34. The molecule has 2 nitrogen and oxygen atoms in total. The summed E-state index contributed by atoms with van der Waals surface area (Å²) < 4.78 is 0. The molecule has 0 saturated carbocycles. The summed E-state index contributed by atoms with van der Waals surface area (Å²) >= 11 is 0. The molecule has 0 aromatic heterocycles. The second-order valence-electron chi connectivity index (χ2n) is 4.63. The van der Waals surface area contributed by atoms with E-state index in [1.165, 1.54) is 0 Å². The van der Waals surface area contributed by atoms with E-state index in [0.717, 1.165) is 16.8 Å². The van der Waals surface area contributed by atoms with Crippen LogP contribution in [0.25, 0.3) is 0 Å². The second kappa shape index (κ2) is 2.96. The molecule has 0 atom stereocenters. The Morgan fingerprint density at radius 3 is 2.33 bits per heavy atom. The number of carbonyl (C=O) groups is 1. The normalized spacial score (nSPS) is 23.5. The quantitative estimate of drug-likeness (QED) is 0.589. The molecule has 1 heterocycles. The molecule has 78 valence electrons. The number of allylic oxidation sites excluding steroid dienone is 3. The lowest BCUT2D eigenvalue weighted by Crippen LogP contribution is -2.20. The van der Waals surface area contributed by atoms with E-state index in [9.17, 15) is 4.79 Å². The Balaban J connectivity index is 2.51. The zero-order valence-corrected chi connectivity index (χ0v) is 9.37. The van der Waals surface area contributed by atoms with E-state index in [2.05, 4.69) is 32.6 Å². The minimum absolute atomic E-state index is 0.00344. The fourth-order valence-electron chi connectivity index (χ4n) is 1.75. The van der Waals surface area contributed by atoms with E-state index in [4.69, 9.17) is 0 Å². The molecular weight excluding hydrogens is 186 g/mol. The molecule has 0 aromatic carbocycles. The molecule has 0 N–H and O–H groups in total. The third-order valence-electron chi connectivity index (χ3n) is 2.90. The van der Waals surface area contributed by atoms with E-state index >= 15 is 0 Å². The van der Waals surface area contributed by atoms with Crippen molar-refractivity contribution in [3.05, 3.63) is 47.7 Å². The Bertz CT molecular complexity index is 397. The summed E-state index contributed by atoms with van der Waals surface area (Å²) in [5.74, 6) is 0.0357. The van der Waals surface area contributed by atoms with Gasteiger partial charge in [0.1, 0.15) is 0 Å². The highest BCUT2D eigenvalue weighted by atomic mass is 16.2. The molecule has 1 aliphatic heterocycles. The van der Waals surface area contributed by atoms with Gasteiger partial charge in [-0.1, -0.05) is 44.7 Å². The average Bonchev–Trinajstić information content (AvgIpc) is 2.34. The van der Waals surface area contributed by atoms with E-state index in [0.29, 0.717) is 0 Å². The van der Waals surface area contributed by atoms with E-state index < -0.39 is 0 Å². The zero-order chi connectivity index (χ0) is 11.2. The van der Waals surface area contributed by atoms with Crippen LogP contribution in [0.15, 0.2) is 47.7 Å². The van der Waals surface area contributed by atoms with Gasteiger partial charge in [0.05, 0.1) is 0 Å². The number of nitrogens with zero attached hydrogens (tertiary/aromatic N) is 1. The topological polar surface area (TPSA) is 20.3 Å². The zero-order valence-electron chi connectivity index (χ0n) is 9.37. The molecule has 0 radical (unpaired) electrons. The van der Waals surface area contributed by atoms with Gasteiger partial charge in [-0.25, -0.2) is 0 Å². The number of rotatable bonds is 0. The number of likely N-dealkylation sites (N-methyl/N-ethyl adjacent to an activating group) is 1. The van der Waals surface area contributed by atoms with Crippen LogP contribution < -0.4 is 0 Å². The van der Waals surface area contributed by atoms with Crippen molar-refractivity contribution >= 4 is 5.91 Å². The van der Waals surface area contributed by atoms with Gasteiger partial charge in [-0.2, -0.15) is 0 Å². The van der Waals surface area contributed by atoms with E-state index in [1.807, 2.05) is 12.2 Å². The minimum atomic E-state index is 0.00344. The highest BCUT2D eigenvalue weighted by molar-refractivity contribution is 6.03. The van der Waals surface area contributed by atoms with Gasteiger partial charge in [-0.3, -0.25) is 4.79 Å². The fourth-order valence-corrected chi connectivity index (χ4v) is 1.75. The fraction of sp³-hybridized carbons (Fsp3) is 0.308. The summed E-state index contributed by atoms with van der Waals surface area (Å²) in [6.45, 7) is 8.14. The molecule has 0 bridgehead atoms. The average molecular weight is 201 g/mol. The van der Waals surface area contributed by atoms with Gasteiger partial charge in [0.2, 0.25) is 0 Å². The van der Waals surface area contributed by atoms with Crippen molar-refractivity contribution in [3.8, 4) is 0 Å². The summed E-state index contributed by atoms with van der Waals surface area (Å²) in [4.78, 5) is 13.4. The van der Waals surface area contributed by atoms with Crippen LogP contribution in [0.2, 0.25) is 0 Å². The first-order valence-electron chi connectivity index (χ1n) is 5.02. The molecule has 1 amide bonds. The molecule has 0 aromatic rings. The predicted octanol–water partition coefficient (Wildman–Crippen LogP) is 2.42. The smallest absolute Gasteiger partial charge is 0.258 e. The van der Waals surface area contributed by atoms with Crippen LogP contribution in [0.3, 0.4) is 0 Å². The molecular formula is C13H15NO. The summed E-state index contributed by atoms with van der Waals surface area (Å²) in [6, 6.07) is 0. The number of hydrogen-bond donors (Lipinski definition) is 0. The van der Waals surface area contributed by atoms with Crippen LogP contribution in [0.1, 0.15) is 13.8 Å². The van der Waals surface area contributed by atoms with Crippen molar-refractivity contribution in [1.82, 2.24) is 4.90 Å². The van der Waals surface area contributed by atoms with Gasteiger partial charge < -0.3 is 4.90 Å². The highest BCUT2D eigenvalue weighted by Gasteiger charge is 2.30. The lowest BCUT2D eigenvalue weighted by molar-refractivity contribution is -0.122. The Morgan fingerprint density at radius 1 is 1.20 bits per heavy atom. The molecule has 2 heteroatoms. The summed E-state index contributed by atoms with van der Waals surface area (Å²) in [7, 11) is 1.76. The number of carbonyl (C=O) groups excluding carboxylic acids is 1. The van der Waals surface area contributed by atoms with Gasteiger partial charge >= 0.3 is 0 Å². The van der Waals surface area contributed by atoms with Crippen LogP contribution in [0.4, 0.5) is 0 Å². The van der Waals surface area contributed by atoms with Crippen LogP contribution in [-0.2, 0) is 4.79 Å². The molecule has 0 saturated heterocycles. The number of amides is 1.